The fourth-order valence-corrected chi connectivity index (χ4v) is 2.57. The number of methoxy groups -OCH3 is 1. The molecule has 1 aromatic carbocycles. The molecule has 0 bridgehead atoms. The predicted octanol–water partition coefficient (Wildman–Crippen LogP) is 3.64. The van der Waals surface area contributed by atoms with E-state index in [0.29, 0.717) is 5.75 Å². The van der Waals surface area contributed by atoms with Gasteiger partial charge in [-0.1, -0.05) is 25.8 Å². The molecule has 1 saturated carbocycles. The average Bonchev–Trinajstić information content (AvgIpc) is 2.61. The third-order valence-corrected chi connectivity index (χ3v) is 3.94. The zero-order valence-electron chi connectivity index (χ0n) is 14.7. The number of esters is 2. The smallest absolute Gasteiger partial charge is 0.338 e. The first-order chi connectivity index (χ1) is 12.0. The van der Waals surface area contributed by atoms with Gasteiger partial charge in [-0.05, 0) is 31.9 Å². The molecule has 2 rings (SSSR count). The van der Waals surface area contributed by atoms with Gasteiger partial charge in [0.15, 0.2) is 6.79 Å². The molecule has 0 atom stereocenters. The van der Waals surface area contributed by atoms with Crippen LogP contribution in [0.2, 0.25) is 0 Å². The van der Waals surface area contributed by atoms with Gasteiger partial charge in [0, 0.05) is 11.6 Å². The van der Waals surface area contributed by atoms with E-state index in [2.05, 4.69) is 6.58 Å². The Morgan fingerprint density at radius 3 is 2.44 bits per heavy atom. The normalized spacial score (nSPS) is 14.6. The van der Waals surface area contributed by atoms with Gasteiger partial charge in [0.25, 0.3) is 0 Å². The summed E-state index contributed by atoms with van der Waals surface area (Å²) in [5.74, 6) is -0.579. The Hall–Kier alpha value is -2.34. The first kappa shape index (κ1) is 19.0. The molecule has 1 aromatic rings. The minimum Gasteiger partial charge on any atom is -0.467 e. The Bertz CT molecular complexity index is 631. The lowest BCUT2D eigenvalue weighted by Gasteiger charge is -2.22. The zero-order valence-corrected chi connectivity index (χ0v) is 14.7. The van der Waals surface area contributed by atoms with Crippen molar-refractivity contribution < 1.29 is 28.5 Å². The lowest BCUT2D eigenvalue weighted by molar-refractivity contribution is -0.130. The maximum absolute atomic E-state index is 11.8. The Morgan fingerprint density at radius 2 is 1.80 bits per heavy atom. The van der Waals surface area contributed by atoms with Crippen molar-refractivity contribution in [2.45, 2.75) is 45.1 Å². The van der Waals surface area contributed by atoms with Gasteiger partial charge in [-0.15, -0.1) is 0 Å². The quantitative estimate of drug-likeness (QED) is 0.324. The van der Waals surface area contributed by atoms with Crippen LogP contribution in [0.3, 0.4) is 0 Å². The van der Waals surface area contributed by atoms with Gasteiger partial charge in [-0.3, -0.25) is 0 Å². The zero-order chi connectivity index (χ0) is 18.2. The molecule has 0 aromatic heterocycles. The first-order valence-corrected chi connectivity index (χ1v) is 8.35. The Morgan fingerprint density at radius 1 is 1.12 bits per heavy atom. The Balaban J connectivity index is 2.05. The minimum absolute atomic E-state index is 0.0726. The van der Waals surface area contributed by atoms with E-state index in [9.17, 15) is 9.59 Å². The molecule has 0 aliphatic heterocycles. The molecule has 136 valence electrons. The number of rotatable bonds is 7. The molecule has 0 spiro atoms. The highest BCUT2D eigenvalue weighted by Gasteiger charge is 2.15. The number of benzene rings is 1. The first-order valence-electron chi connectivity index (χ1n) is 8.35. The summed E-state index contributed by atoms with van der Waals surface area (Å²) in [5, 5.41) is 0. The van der Waals surface area contributed by atoms with Crippen molar-refractivity contribution >= 4 is 11.9 Å². The average molecular weight is 348 g/mol. The summed E-state index contributed by atoms with van der Waals surface area (Å²) in [6, 6.07) is 4.47. The second-order valence-electron chi connectivity index (χ2n) is 6.04. The monoisotopic (exact) mass is 348 g/mol. The predicted molar refractivity (Wildman–Crippen MR) is 91.7 cm³/mol. The van der Waals surface area contributed by atoms with Crippen LogP contribution in [-0.2, 0) is 14.3 Å². The molecular formula is C19H24O6. The van der Waals surface area contributed by atoms with Gasteiger partial charge >= 0.3 is 11.9 Å². The van der Waals surface area contributed by atoms with Gasteiger partial charge in [-0.25, -0.2) is 9.59 Å². The molecule has 6 nitrogen and oxygen atoms in total. The molecule has 0 N–H and O–H groups in total. The largest absolute Gasteiger partial charge is 0.467 e. The summed E-state index contributed by atoms with van der Waals surface area (Å²) in [6.07, 6.45) is 5.87. The van der Waals surface area contributed by atoms with Crippen molar-refractivity contribution in [3.63, 3.8) is 0 Å². The number of hydrogen-bond donors (Lipinski definition) is 0. The second kappa shape index (κ2) is 9.22. The molecule has 25 heavy (non-hydrogen) atoms. The number of hydrogen-bond acceptors (Lipinski definition) is 6. The van der Waals surface area contributed by atoms with Crippen LogP contribution in [0.25, 0.3) is 0 Å². The van der Waals surface area contributed by atoms with Crippen molar-refractivity contribution in [2.75, 3.05) is 13.9 Å². The van der Waals surface area contributed by atoms with E-state index >= 15 is 0 Å². The molecular weight excluding hydrogens is 324 g/mol. The van der Waals surface area contributed by atoms with Crippen LogP contribution in [0.5, 0.6) is 11.5 Å². The van der Waals surface area contributed by atoms with Crippen molar-refractivity contribution in [3.8, 4) is 11.5 Å². The van der Waals surface area contributed by atoms with E-state index in [4.69, 9.17) is 18.9 Å². The van der Waals surface area contributed by atoms with Gasteiger partial charge < -0.3 is 18.9 Å². The fourth-order valence-electron chi connectivity index (χ4n) is 2.57. The Kier molecular flexibility index (Phi) is 7.01. The number of carbonyl (C=O) groups excluding carboxylic acids is 2. The summed E-state index contributed by atoms with van der Waals surface area (Å²) in [4.78, 5) is 23.5. The number of carbonyl (C=O) groups is 2. The van der Waals surface area contributed by atoms with Gasteiger partial charge in [-0.2, -0.15) is 0 Å². The maximum atomic E-state index is 11.8. The lowest BCUT2D eigenvalue weighted by Crippen LogP contribution is -2.19. The molecule has 0 amide bonds. The van der Waals surface area contributed by atoms with Crippen LogP contribution in [0.1, 0.15) is 49.4 Å². The third-order valence-electron chi connectivity index (χ3n) is 3.94. The van der Waals surface area contributed by atoms with Crippen molar-refractivity contribution in [3.05, 3.63) is 35.9 Å². The molecule has 1 aliphatic carbocycles. The summed E-state index contributed by atoms with van der Waals surface area (Å²) in [7, 11) is 1.28. The molecule has 0 unspecified atom stereocenters. The highest BCUT2D eigenvalue weighted by Crippen LogP contribution is 2.25. The molecule has 1 aliphatic rings. The van der Waals surface area contributed by atoms with Crippen molar-refractivity contribution in [2.24, 2.45) is 0 Å². The molecule has 0 heterocycles. The molecule has 0 saturated heterocycles. The van der Waals surface area contributed by atoms with E-state index in [0.717, 1.165) is 12.8 Å². The van der Waals surface area contributed by atoms with Crippen LogP contribution in [0.15, 0.2) is 30.4 Å². The third kappa shape index (κ3) is 5.90. The van der Waals surface area contributed by atoms with E-state index in [1.54, 1.807) is 6.92 Å². The summed E-state index contributed by atoms with van der Waals surface area (Å²) < 4.78 is 21.2. The van der Waals surface area contributed by atoms with Crippen LogP contribution in [0, 0.1) is 0 Å². The summed E-state index contributed by atoms with van der Waals surface area (Å²) in [6.45, 7) is 5.15. The van der Waals surface area contributed by atoms with Crippen molar-refractivity contribution in [1.29, 1.82) is 0 Å². The second-order valence-corrected chi connectivity index (χ2v) is 6.04. The van der Waals surface area contributed by atoms with Crippen LogP contribution in [-0.4, -0.2) is 31.9 Å². The molecule has 0 radical (unpaired) electrons. The Labute approximate surface area is 147 Å². The van der Waals surface area contributed by atoms with Crippen LogP contribution < -0.4 is 9.47 Å². The van der Waals surface area contributed by atoms with E-state index in [1.165, 1.54) is 44.6 Å². The van der Waals surface area contributed by atoms with Crippen LogP contribution >= 0.6 is 0 Å². The topological polar surface area (TPSA) is 71.1 Å². The summed E-state index contributed by atoms with van der Waals surface area (Å²) >= 11 is 0. The number of ether oxygens (including phenoxy) is 4. The maximum Gasteiger partial charge on any atom is 0.338 e. The van der Waals surface area contributed by atoms with Crippen LogP contribution in [0.4, 0.5) is 0 Å². The highest BCUT2D eigenvalue weighted by molar-refractivity contribution is 5.92. The standard InChI is InChI=1S/C19H24O6/c1-13(2)18(20)25-17-10-14(19(21)22-3)9-16(11-17)24-12-23-15-7-5-4-6-8-15/h9-11,15H,1,4-8,12H2,2-3H3. The SMILES string of the molecule is C=C(C)C(=O)Oc1cc(OCOC2CCCCC2)cc(C(=O)OC)c1. The summed E-state index contributed by atoms with van der Waals surface area (Å²) in [5.41, 5.74) is 0.480. The van der Waals surface area contributed by atoms with Crippen molar-refractivity contribution in [1.82, 2.24) is 0 Å². The minimum atomic E-state index is -0.577. The van der Waals surface area contributed by atoms with E-state index in [-0.39, 0.29) is 29.8 Å². The van der Waals surface area contributed by atoms with E-state index in [1.807, 2.05) is 0 Å². The fraction of sp³-hybridized carbons (Fsp3) is 0.474. The van der Waals surface area contributed by atoms with Gasteiger partial charge in [0.2, 0.25) is 0 Å². The lowest BCUT2D eigenvalue weighted by atomic mass is 9.98. The molecule has 1 fully saturated rings. The highest BCUT2D eigenvalue weighted by atomic mass is 16.7. The van der Waals surface area contributed by atoms with Gasteiger partial charge in [0.05, 0.1) is 18.8 Å². The van der Waals surface area contributed by atoms with Gasteiger partial charge in [0.1, 0.15) is 11.5 Å². The van der Waals surface area contributed by atoms with E-state index < -0.39 is 11.9 Å². The molecule has 6 heteroatoms.